The molecule has 0 spiro atoms. The highest BCUT2D eigenvalue weighted by atomic mass is 19.1. The van der Waals surface area contributed by atoms with E-state index >= 15 is 0 Å². The van der Waals surface area contributed by atoms with E-state index in [0.717, 1.165) is 23.8 Å². The molecule has 0 unspecified atom stereocenters. The average Bonchev–Trinajstić information content (AvgIpc) is 2.49. The predicted molar refractivity (Wildman–Crippen MR) is 77.7 cm³/mol. The normalized spacial score (nSPS) is 10.5. The molecule has 3 nitrogen and oxygen atoms in total. The zero-order valence-electron chi connectivity index (χ0n) is 12.0. The molecule has 2 N–H and O–H groups in total. The van der Waals surface area contributed by atoms with Gasteiger partial charge in [0.15, 0.2) is 11.5 Å². The maximum atomic E-state index is 13.9. The van der Waals surface area contributed by atoms with Crippen molar-refractivity contribution in [3.63, 3.8) is 0 Å². The summed E-state index contributed by atoms with van der Waals surface area (Å²) < 4.78 is 37.9. The number of ether oxygens (including phenoxy) is 2. The van der Waals surface area contributed by atoms with Gasteiger partial charge in [-0.1, -0.05) is 0 Å². The second kappa shape index (κ2) is 6.54. The van der Waals surface area contributed by atoms with Gasteiger partial charge >= 0.3 is 0 Å². The predicted octanol–water partition coefficient (Wildman–Crippen LogP) is 3.15. The minimum atomic E-state index is -0.499. The molecule has 2 aromatic rings. The second-order valence-corrected chi connectivity index (χ2v) is 4.53. The smallest absolute Gasteiger partial charge is 0.163 e. The summed E-state index contributed by atoms with van der Waals surface area (Å²) in [4.78, 5) is 0. The summed E-state index contributed by atoms with van der Waals surface area (Å²) in [6, 6.07) is 6.70. The van der Waals surface area contributed by atoms with Crippen LogP contribution in [0.15, 0.2) is 30.3 Å². The van der Waals surface area contributed by atoms with E-state index in [1.54, 1.807) is 12.1 Å². The highest BCUT2D eigenvalue weighted by Crippen LogP contribution is 2.37. The van der Waals surface area contributed by atoms with Crippen LogP contribution < -0.4 is 15.2 Å². The molecule has 0 fully saturated rings. The van der Waals surface area contributed by atoms with Crippen LogP contribution >= 0.6 is 0 Å². The zero-order valence-corrected chi connectivity index (χ0v) is 12.0. The lowest BCUT2D eigenvalue weighted by Crippen LogP contribution is -2.05. The molecule has 5 heteroatoms. The summed E-state index contributed by atoms with van der Waals surface area (Å²) in [6.45, 7) is 0.411. The van der Waals surface area contributed by atoms with Gasteiger partial charge in [-0.15, -0.1) is 0 Å². The lowest BCUT2D eigenvalue weighted by Gasteiger charge is -2.15. The van der Waals surface area contributed by atoms with Gasteiger partial charge in [-0.25, -0.2) is 8.78 Å². The van der Waals surface area contributed by atoms with Crippen molar-refractivity contribution in [2.24, 2.45) is 5.73 Å². The van der Waals surface area contributed by atoms with Crippen LogP contribution in [0.5, 0.6) is 11.5 Å². The van der Waals surface area contributed by atoms with E-state index in [-0.39, 0.29) is 5.56 Å². The van der Waals surface area contributed by atoms with Crippen LogP contribution in [-0.2, 0) is 6.42 Å². The number of methoxy groups -OCH3 is 2. The van der Waals surface area contributed by atoms with Crippen molar-refractivity contribution in [2.75, 3.05) is 20.8 Å². The molecule has 0 heterocycles. The largest absolute Gasteiger partial charge is 0.493 e. The van der Waals surface area contributed by atoms with Crippen molar-refractivity contribution < 1.29 is 18.3 Å². The maximum Gasteiger partial charge on any atom is 0.163 e. The Morgan fingerprint density at radius 1 is 1.05 bits per heavy atom. The topological polar surface area (TPSA) is 44.5 Å². The number of hydrogen-bond acceptors (Lipinski definition) is 3. The minimum absolute atomic E-state index is 0.175. The van der Waals surface area contributed by atoms with Crippen molar-refractivity contribution in [3.05, 3.63) is 47.5 Å². The molecule has 0 radical (unpaired) electrons. The summed E-state index contributed by atoms with van der Waals surface area (Å²) in [5.74, 6) is 0.0227. The summed E-state index contributed by atoms with van der Waals surface area (Å²) in [6.07, 6.45) is 0.546. The Balaban J connectivity index is 2.63. The first kappa shape index (κ1) is 15.3. The SMILES string of the molecule is COc1cc(-c2cc(F)ccc2F)cc(CCN)c1OC. The Morgan fingerprint density at radius 2 is 1.81 bits per heavy atom. The standard InChI is InChI=1S/C16H17F2NO2/c1-20-15-8-11(7-10(5-6-19)16(15)21-2)13-9-12(17)3-4-14(13)18/h3-4,7-9H,5-6,19H2,1-2H3. The fraction of sp³-hybridized carbons (Fsp3) is 0.250. The molecule has 112 valence electrons. The number of hydrogen-bond donors (Lipinski definition) is 1. The second-order valence-electron chi connectivity index (χ2n) is 4.53. The first-order valence-corrected chi connectivity index (χ1v) is 6.51. The Bertz CT molecular complexity index is 644. The van der Waals surface area contributed by atoms with Crippen molar-refractivity contribution in [2.45, 2.75) is 6.42 Å². The highest BCUT2D eigenvalue weighted by Gasteiger charge is 2.15. The van der Waals surface area contributed by atoms with Gasteiger partial charge in [0.25, 0.3) is 0 Å². The molecular weight excluding hydrogens is 276 g/mol. The molecule has 0 amide bonds. The van der Waals surface area contributed by atoms with Crippen LogP contribution in [0.1, 0.15) is 5.56 Å². The van der Waals surface area contributed by atoms with Gasteiger partial charge in [-0.05, 0) is 54.4 Å². The van der Waals surface area contributed by atoms with E-state index < -0.39 is 11.6 Å². The Morgan fingerprint density at radius 3 is 2.43 bits per heavy atom. The van der Waals surface area contributed by atoms with Gasteiger partial charge in [-0.2, -0.15) is 0 Å². The quantitative estimate of drug-likeness (QED) is 0.921. The van der Waals surface area contributed by atoms with Gasteiger partial charge in [0.05, 0.1) is 14.2 Å². The Labute approximate surface area is 122 Å². The highest BCUT2D eigenvalue weighted by molar-refractivity contribution is 5.70. The third kappa shape index (κ3) is 3.13. The molecule has 0 aliphatic rings. The van der Waals surface area contributed by atoms with Gasteiger partial charge in [0.1, 0.15) is 11.6 Å². The van der Waals surface area contributed by atoms with Gasteiger partial charge in [-0.3, -0.25) is 0 Å². The van der Waals surface area contributed by atoms with E-state index in [0.29, 0.717) is 30.0 Å². The van der Waals surface area contributed by atoms with Crippen LogP contribution in [0.2, 0.25) is 0 Å². The van der Waals surface area contributed by atoms with E-state index in [1.165, 1.54) is 14.2 Å². The minimum Gasteiger partial charge on any atom is -0.493 e. The van der Waals surface area contributed by atoms with E-state index in [9.17, 15) is 8.78 Å². The summed E-state index contributed by atoms with van der Waals surface area (Å²) >= 11 is 0. The van der Waals surface area contributed by atoms with Gasteiger partial charge < -0.3 is 15.2 Å². The van der Waals surface area contributed by atoms with E-state index in [4.69, 9.17) is 15.2 Å². The van der Waals surface area contributed by atoms with E-state index in [2.05, 4.69) is 0 Å². The van der Waals surface area contributed by atoms with Crippen LogP contribution in [-0.4, -0.2) is 20.8 Å². The van der Waals surface area contributed by atoms with Crippen molar-refractivity contribution in [3.8, 4) is 22.6 Å². The molecular formula is C16H17F2NO2. The number of nitrogens with two attached hydrogens (primary N) is 1. The number of halogens is 2. The van der Waals surface area contributed by atoms with Crippen LogP contribution in [0.4, 0.5) is 8.78 Å². The average molecular weight is 293 g/mol. The van der Waals surface area contributed by atoms with Crippen LogP contribution in [0, 0.1) is 11.6 Å². The van der Waals surface area contributed by atoms with Crippen molar-refractivity contribution in [1.82, 2.24) is 0 Å². The molecule has 0 saturated carbocycles. The summed E-state index contributed by atoms with van der Waals surface area (Å²) in [7, 11) is 3.02. The Kier molecular flexibility index (Phi) is 4.75. The maximum absolute atomic E-state index is 13.9. The van der Waals surface area contributed by atoms with Gasteiger partial charge in [0.2, 0.25) is 0 Å². The number of benzene rings is 2. The molecule has 2 rings (SSSR count). The third-order valence-corrected chi connectivity index (χ3v) is 3.21. The van der Waals surface area contributed by atoms with Crippen molar-refractivity contribution in [1.29, 1.82) is 0 Å². The first-order chi connectivity index (χ1) is 10.1. The summed E-state index contributed by atoms with van der Waals surface area (Å²) in [5.41, 5.74) is 7.07. The molecule has 0 saturated heterocycles. The van der Waals surface area contributed by atoms with Crippen LogP contribution in [0.3, 0.4) is 0 Å². The zero-order chi connectivity index (χ0) is 15.4. The summed E-state index contributed by atoms with van der Waals surface area (Å²) in [5, 5.41) is 0. The monoisotopic (exact) mass is 293 g/mol. The lowest BCUT2D eigenvalue weighted by molar-refractivity contribution is 0.352. The Hall–Kier alpha value is -2.14. The van der Waals surface area contributed by atoms with Gasteiger partial charge in [0, 0.05) is 5.56 Å². The molecule has 0 aliphatic heterocycles. The number of rotatable bonds is 5. The molecule has 0 atom stereocenters. The fourth-order valence-electron chi connectivity index (χ4n) is 2.26. The molecule has 21 heavy (non-hydrogen) atoms. The third-order valence-electron chi connectivity index (χ3n) is 3.21. The lowest BCUT2D eigenvalue weighted by atomic mass is 9.99. The van der Waals surface area contributed by atoms with Crippen molar-refractivity contribution >= 4 is 0 Å². The first-order valence-electron chi connectivity index (χ1n) is 6.51. The molecule has 0 aliphatic carbocycles. The molecule has 0 bridgehead atoms. The van der Waals surface area contributed by atoms with Crippen LogP contribution in [0.25, 0.3) is 11.1 Å². The molecule has 0 aromatic heterocycles. The fourth-order valence-corrected chi connectivity index (χ4v) is 2.26. The molecule has 2 aromatic carbocycles. The van der Waals surface area contributed by atoms with E-state index in [1.807, 2.05) is 0 Å².